The average Bonchev–Trinajstić information content (AvgIpc) is 2.07. The van der Waals surface area contributed by atoms with Gasteiger partial charge in [0.1, 0.15) is 5.76 Å². The number of fused-ring (bicyclic) bond motifs is 1. The van der Waals surface area contributed by atoms with Gasteiger partial charge in [0.25, 0.3) is 0 Å². The minimum Gasteiger partial charge on any atom is -0.452 e. The molecule has 0 atom stereocenters. The molecule has 61 valence electrons. The molecule has 1 aliphatic rings. The molecule has 2 rings (SSSR count). The van der Waals surface area contributed by atoms with Crippen LogP contribution < -0.4 is 9.47 Å². The summed E-state index contributed by atoms with van der Waals surface area (Å²) < 4.78 is 10.4. The molecule has 0 unspecified atom stereocenters. The van der Waals surface area contributed by atoms with E-state index in [-0.39, 0.29) is 0 Å². The summed E-state index contributed by atoms with van der Waals surface area (Å²) in [5, 5.41) is 0.549. The fourth-order valence-electron chi connectivity index (χ4n) is 0.969. The molecule has 0 fully saturated rings. The molecule has 0 N–H and O–H groups in total. The fraction of sp³-hybridized carbons (Fsp3) is 0.111. The number of para-hydroxylation sites is 1. The normalized spacial score (nSPS) is 14.0. The van der Waals surface area contributed by atoms with Crippen LogP contribution in [0.3, 0.4) is 0 Å². The van der Waals surface area contributed by atoms with E-state index in [9.17, 15) is 0 Å². The Bertz CT molecular complexity index is 344. The largest absolute Gasteiger partial charge is 0.452 e. The topological polar surface area (TPSA) is 18.5 Å². The number of ether oxygens (including phenoxy) is 2. The van der Waals surface area contributed by atoms with Crippen molar-refractivity contribution in [1.82, 2.24) is 0 Å². The van der Waals surface area contributed by atoms with Gasteiger partial charge < -0.3 is 9.47 Å². The van der Waals surface area contributed by atoms with Gasteiger partial charge in [-0.15, -0.1) is 0 Å². The maximum atomic E-state index is 5.86. The fourth-order valence-corrected chi connectivity index (χ4v) is 1.17. The molecule has 1 aromatic rings. The second-order valence-corrected chi connectivity index (χ2v) is 2.84. The standard InChI is InChI=1S/C9H6ClO2/c1-6-5-11-8-4-2-3-7(10)9(8)12-6/h2-4H,1H3. The van der Waals surface area contributed by atoms with Gasteiger partial charge in [0.2, 0.25) is 6.26 Å². The zero-order chi connectivity index (χ0) is 8.55. The summed E-state index contributed by atoms with van der Waals surface area (Å²) >= 11 is 5.86. The van der Waals surface area contributed by atoms with Crippen LogP contribution in [0.4, 0.5) is 0 Å². The molecule has 0 saturated carbocycles. The van der Waals surface area contributed by atoms with E-state index >= 15 is 0 Å². The van der Waals surface area contributed by atoms with Crippen molar-refractivity contribution in [2.45, 2.75) is 6.92 Å². The van der Waals surface area contributed by atoms with Crippen LogP contribution in [0.2, 0.25) is 5.02 Å². The van der Waals surface area contributed by atoms with Gasteiger partial charge in [0, 0.05) is 0 Å². The summed E-state index contributed by atoms with van der Waals surface area (Å²) in [6, 6.07) is 5.33. The van der Waals surface area contributed by atoms with Gasteiger partial charge >= 0.3 is 0 Å². The third kappa shape index (κ3) is 1.14. The molecule has 0 amide bonds. The van der Waals surface area contributed by atoms with Crippen LogP contribution in [0.15, 0.2) is 24.0 Å². The second-order valence-electron chi connectivity index (χ2n) is 2.43. The molecule has 1 radical (unpaired) electrons. The van der Waals surface area contributed by atoms with Crippen molar-refractivity contribution < 1.29 is 9.47 Å². The zero-order valence-electron chi connectivity index (χ0n) is 6.43. The van der Waals surface area contributed by atoms with E-state index in [4.69, 9.17) is 21.1 Å². The number of rotatable bonds is 0. The lowest BCUT2D eigenvalue weighted by Gasteiger charge is -2.15. The van der Waals surface area contributed by atoms with Crippen molar-refractivity contribution in [3.8, 4) is 11.5 Å². The van der Waals surface area contributed by atoms with Crippen LogP contribution in [0.25, 0.3) is 0 Å². The SMILES string of the molecule is CC1=[C]Oc2cccc(Cl)c2O1. The highest BCUT2D eigenvalue weighted by Crippen LogP contribution is 2.38. The average molecular weight is 182 g/mol. The van der Waals surface area contributed by atoms with Gasteiger partial charge in [0.15, 0.2) is 11.5 Å². The van der Waals surface area contributed by atoms with Crippen molar-refractivity contribution in [2.24, 2.45) is 0 Å². The predicted octanol–water partition coefficient (Wildman–Crippen LogP) is 2.78. The van der Waals surface area contributed by atoms with Gasteiger partial charge in [-0.2, -0.15) is 0 Å². The van der Waals surface area contributed by atoms with Crippen LogP contribution in [0.1, 0.15) is 6.92 Å². The van der Waals surface area contributed by atoms with Crippen LogP contribution >= 0.6 is 11.6 Å². The molecule has 2 nitrogen and oxygen atoms in total. The molecule has 1 heterocycles. The van der Waals surface area contributed by atoms with Crippen LogP contribution in [-0.2, 0) is 0 Å². The van der Waals surface area contributed by atoms with Gasteiger partial charge in [0.05, 0.1) is 5.02 Å². The molecule has 0 bridgehead atoms. The Kier molecular flexibility index (Phi) is 1.70. The van der Waals surface area contributed by atoms with Crippen molar-refractivity contribution in [3.63, 3.8) is 0 Å². The van der Waals surface area contributed by atoms with Gasteiger partial charge in [-0.05, 0) is 19.1 Å². The number of benzene rings is 1. The van der Waals surface area contributed by atoms with Crippen molar-refractivity contribution >= 4 is 11.6 Å². The molecule has 0 saturated heterocycles. The van der Waals surface area contributed by atoms with Crippen LogP contribution in [0, 0.1) is 6.26 Å². The molecule has 1 aliphatic heterocycles. The lowest BCUT2D eigenvalue weighted by Crippen LogP contribution is -2.02. The maximum absolute atomic E-state index is 5.86. The van der Waals surface area contributed by atoms with E-state index in [1.165, 1.54) is 0 Å². The Labute approximate surface area is 75.4 Å². The monoisotopic (exact) mass is 181 g/mol. The first kappa shape index (κ1) is 7.50. The number of hydrogen-bond donors (Lipinski definition) is 0. The Morgan fingerprint density at radius 1 is 1.42 bits per heavy atom. The molecular weight excluding hydrogens is 176 g/mol. The van der Waals surface area contributed by atoms with Crippen molar-refractivity contribution in [3.05, 3.63) is 35.2 Å². The Balaban J connectivity index is 2.49. The summed E-state index contributed by atoms with van der Waals surface area (Å²) in [5.41, 5.74) is 0. The Morgan fingerprint density at radius 2 is 2.25 bits per heavy atom. The van der Waals surface area contributed by atoms with E-state index in [1.807, 2.05) is 0 Å². The summed E-state index contributed by atoms with van der Waals surface area (Å²) in [6.07, 6.45) is 2.60. The van der Waals surface area contributed by atoms with Crippen molar-refractivity contribution in [1.29, 1.82) is 0 Å². The smallest absolute Gasteiger partial charge is 0.211 e. The van der Waals surface area contributed by atoms with Gasteiger partial charge in [-0.3, -0.25) is 0 Å². The first-order valence-corrected chi connectivity index (χ1v) is 3.88. The van der Waals surface area contributed by atoms with Crippen LogP contribution in [0.5, 0.6) is 11.5 Å². The number of hydrogen-bond acceptors (Lipinski definition) is 2. The van der Waals surface area contributed by atoms with Gasteiger partial charge in [-0.1, -0.05) is 17.7 Å². The molecule has 3 heteroatoms. The zero-order valence-corrected chi connectivity index (χ0v) is 7.18. The second kappa shape index (κ2) is 2.72. The summed E-state index contributed by atoms with van der Waals surface area (Å²) in [6.45, 7) is 1.76. The van der Waals surface area contributed by atoms with Gasteiger partial charge in [-0.25, -0.2) is 0 Å². The molecule has 12 heavy (non-hydrogen) atoms. The highest BCUT2D eigenvalue weighted by Gasteiger charge is 2.14. The summed E-state index contributed by atoms with van der Waals surface area (Å²) in [7, 11) is 0. The summed E-state index contributed by atoms with van der Waals surface area (Å²) in [5.74, 6) is 1.75. The molecular formula is C9H6ClO2. The number of halogens is 1. The predicted molar refractivity (Wildman–Crippen MR) is 45.1 cm³/mol. The number of allylic oxidation sites excluding steroid dienone is 1. The molecule has 0 spiro atoms. The molecule has 0 aromatic heterocycles. The summed E-state index contributed by atoms with van der Waals surface area (Å²) in [4.78, 5) is 0. The van der Waals surface area contributed by atoms with E-state index < -0.39 is 0 Å². The molecule has 1 aromatic carbocycles. The van der Waals surface area contributed by atoms with Crippen molar-refractivity contribution in [2.75, 3.05) is 0 Å². The highest BCUT2D eigenvalue weighted by atomic mass is 35.5. The van der Waals surface area contributed by atoms with E-state index in [0.717, 1.165) is 0 Å². The van der Waals surface area contributed by atoms with E-state index in [1.54, 1.807) is 25.1 Å². The lowest BCUT2D eigenvalue weighted by atomic mass is 10.3. The minimum absolute atomic E-state index is 0.549. The first-order chi connectivity index (χ1) is 5.77. The quantitative estimate of drug-likeness (QED) is 0.613. The third-order valence-electron chi connectivity index (χ3n) is 1.49. The molecule has 0 aliphatic carbocycles. The van der Waals surface area contributed by atoms with E-state index in [0.29, 0.717) is 22.3 Å². The van der Waals surface area contributed by atoms with Crippen LogP contribution in [-0.4, -0.2) is 0 Å². The highest BCUT2D eigenvalue weighted by molar-refractivity contribution is 6.32. The third-order valence-corrected chi connectivity index (χ3v) is 1.79. The first-order valence-electron chi connectivity index (χ1n) is 3.50. The van der Waals surface area contributed by atoms with E-state index in [2.05, 4.69) is 6.26 Å². The maximum Gasteiger partial charge on any atom is 0.211 e. The lowest BCUT2D eigenvalue weighted by molar-refractivity contribution is 0.310. The Morgan fingerprint density at radius 3 is 3.08 bits per heavy atom. The Hall–Kier alpha value is -1.15. The minimum atomic E-state index is 0.549.